The third-order valence-electron chi connectivity index (χ3n) is 4.08. The number of hydrogen-bond donors (Lipinski definition) is 2. The molecule has 23 heavy (non-hydrogen) atoms. The molecule has 0 spiro atoms. The van der Waals surface area contributed by atoms with Crippen LogP contribution < -0.4 is 15.4 Å². The molecule has 5 nitrogen and oxygen atoms in total. The van der Waals surface area contributed by atoms with Crippen LogP contribution in [0.3, 0.4) is 0 Å². The minimum Gasteiger partial charge on any atom is -0.439 e. The van der Waals surface area contributed by atoms with E-state index in [0.29, 0.717) is 11.4 Å². The van der Waals surface area contributed by atoms with Gasteiger partial charge in [-0.2, -0.15) is 0 Å². The average molecular weight is 311 g/mol. The molecule has 0 saturated carbocycles. The zero-order valence-corrected chi connectivity index (χ0v) is 13.5. The monoisotopic (exact) mass is 311 g/mol. The van der Waals surface area contributed by atoms with Gasteiger partial charge in [0.15, 0.2) is 0 Å². The van der Waals surface area contributed by atoms with E-state index in [1.165, 1.54) is 17.3 Å². The fourth-order valence-electron chi connectivity index (χ4n) is 2.77. The molecule has 1 aromatic carbocycles. The highest BCUT2D eigenvalue weighted by atomic mass is 16.5. The second-order valence-corrected chi connectivity index (χ2v) is 5.70. The molecule has 0 bridgehead atoms. The summed E-state index contributed by atoms with van der Waals surface area (Å²) in [6.07, 6.45) is 3.58. The largest absolute Gasteiger partial charge is 0.439 e. The van der Waals surface area contributed by atoms with E-state index in [9.17, 15) is 4.79 Å². The number of nitrogens with zero attached hydrogens (tertiary/aromatic N) is 1. The number of amides is 1. The van der Waals surface area contributed by atoms with Crippen molar-refractivity contribution < 1.29 is 9.53 Å². The fourth-order valence-corrected chi connectivity index (χ4v) is 2.77. The van der Waals surface area contributed by atoms with Crippen LogP contribution in [-0.4, -0.2) is 31.0 Å². The molecular formula is C18H21N3O2. The molecule has 0 aliphatic carbocycles. The molecule has 2 heterocycles. The summed E-state index contributed by atoms with van der Waals surface area (Å²) in [6.45, 7) is 4.07. The van der Waals surface area contributed by atoms with Gasteiger partial charge < -0.3 is 15.4 Å². The number of benzene rings is 1. The van der Waals surface area contributed by atoms with Gasteiger partial charge in [-0.3, -0.25) is 4.79 Å². The highest BCUT2D eigenvalue weighted by molar-refractivity contribution is 5.93. The topological polar surface area (TPSA) is 63.2 Å². The minimum absolute atomic E-state index is 0.155. The summed E-state index contributed by atoms with van der Waals surface area (Å²) in [5.74, 6) is 1.16. The van der Waals surface area contributed by atoms with Gasteiger partial charge in [0.25, 0.3) is 5.91 Å². The van der Waals surface area contributed by atoms with Crippen molar-refractivity contribution in [2.45, 2.75) is 19.8 Å². The van der Waals surface area contributed by atoms with Crippen molar-refractivity contribution in [3.05, 3.63) is 52.7 Å². The van der Waals surface area contributed by atoms with Gasteiger partial charge >= 0.3 is 0 Å². The Hall–Kier alpha value is -2.40. The molecule has 1 aromatic heterocycles. The summed E-state index contributed by atoms with van der Waals surface area (Å²) in [7, 11) is 1.60. The van der Waals surface area contributed by atoms with Crippen molar-refractivity contribution in [1.82, 2.24) is 15.6 Å². The van der Waals surface area contributed by atoms with Crippen LogP contribution in [0.5, 0.6) is 11.6 Å². The van der Waals surface area contributed by atoms with Crippen LogP contribution in [-0.2, 0) is 12.8 Å². The Kier molecular flexibility index (Phi) is 4.57. The normalized spacial score (nSPS) is 13.8. The molecule has 0 atom stereocenters. The number of pyridine rings is 1. The molecular weight excluding hydrogens is 290 g/mol. The molecule has 3 rings (SSSR count). The maximum Gasteiger partial charge on any atom is 0.252 e. The van der Waals surface area contributed by atoms with Gasteiger partial charge in [-0.25, -0.2) is 4.98 Å². The van der Waals surface area contributed by atoms with Crippen LogP contribution in [0.4, 0.5) is 0 Å². The molecule has 120 valence electrons. The standard InChI is InChI=1S/C18H21N3O2/c1-12-9-13-5-7-20-8-6-14(13)10-16(12)23-17-4-3-15(11-21-17)18(22)19-2/h3-4,9-11,20H,5-8H2,1-2H3,(H,19,22). The van der Waals surface area contributed by atoms with Crippen molar-refractivity contribution in [2.75, 3.05) is 20.1 Å². The molecule has 2 aromatic rings. The van der Waals surface area contributed by atoms with E-state index in [1.807, 2.05) is 6.92 Å². The highest BCUT2D eigenvalue weighted by Crippen LogP contribution is 2.28. The average Bonchev–Trinajstić information content (AvgIpc) is 2.80. The summed E-state index contributed by atoms with van der Waals surface area (Å²) in [5, 5.41) is 5.99. The minimum atomic E-state index is -0.155. The second-order valence-electron chi connectivity index (χ2n) is 5.70. The first-order valence-corrected chi connectivity index (χ1v) is 7.86. The molecule has 1 aliphatic rings. The summed E-state index contributed by atoms with van der Waals surface area (Å²) in [4.78, 5) is 15.8. The van der Waals surface area contributed by atoms with Gasteiger partial charge in [-0.05, 0) is 61.7 Å². The Morgan fingerprint density at radius 2 is 1.96 bits per heavy atom. The number of aromatic nitrogens is 1. The summed E-state index contributed by atoms with van der Waals surface area (Å²) in [6, 6.07) is 7.75. The Labute approximate surface area is 136 Å². The molecule has 0 saturated heterocycles. The number of rotatable bonds is 3. The molecule has 0 unspecified atom stereocenters. The Morgan fingerprint density at radius 1 is 1.22 bits per heavy atom. The number of aryl methyl sites for hydroxylation is 1. The molecule has 0 fully saturated rings. The number of carbonyl (C=O) groups excluding carboxylic acids is 1. The van der Waals surface area contributed by atoms with Gasteiger partial charge in [0.2, 0.25) is 5.88 Å². The maximum absolute atomic E-state index is 11.5. The van der Waals surface area contributed by atoms with Gasteiger partial charge in [0.1, 0.15) is 5.75 Å². The molecule has 1 amide bonds. The van der Waals surface area contributed by atoms with Crippen molar-refractivity contribution >= 4 is 5.91 Å². The predicted octanol–water partition coefficient (Wildman–Crippen LogP) is 2.23. The van der Waals surface area contributed by atoms with Crippen molar-refractivity contribution in [2.24, 2.45) is 0 Å². The first-order valence-electron chi connectivity index (χ1n) is 7.86. The van der Waals surface area contributed by atoms with Crippen LogP contribution >= 0.6 is 0 Å². The van der Waals surface area contributed by atoms with Crippen LogP contribution in [0.2, 0.25) is 0 Å². The van der Waals surface area contributed by atoms with Gasteiger partial charge in [-0.15, -0.1) is 0 Å². The van der Waals surface area contributed by atoms with E-state index in [-0.39, 0.29) is 5.91 Å². The number of ether oxygens (including phenoxy) is 1. The first-order chi connectivity index (χ1) is 11.2. The zero-order valence-electron chi connectivity index (χ0n) is 13.5. The number of fused-ring (bicyclic) bond motifs is 1. The lowest BCUT2D eigenvalue weighted by Gasteiger charge is -2.13. The fraction of sp³-hybridized carbons (Fsp3) is 0.333. The third kappa shape index (κ3) is 3.51. The lowest BCUT2D eigenvalue weighted by atomic mass is 10.00. The number of carbonyl (C=O) groups is 1. The smallest absolute Gasteiger partial charge is 0.252 e. The molecule has 1 aliphatic heterocycles. The first kappa shape index (κ1) is 15.5. The van der Waals surface area contributed by atoms with Crippen LogP contribution in [0.25, 0.3) is 0 Å². The number of hydrogen-bond acceptors (Lipinski definition) is 4. The van der Waals surface area contributed by atoms with Crippen LogP contribution in [0, 0.1) is 6.92 Å². The SMILES string of the molecule is CNC(=O)c1ccc(Oc2cc3c(cc2C)CCNCC3)nc1. The van der Waals surface area contributed by atoms with Gasteiger partial charge in [0.05, 0.1) is 5.56 Å². The Morgan fingerprint density at radius 3 is 2.61 bits per heavy atom. The maximum atomic E-state index is 11.5. The van der Waals surface area contributed by atoms with E-state index in [4.69, 9.17) is 4.74 Å². The molecule has 2 N–H and O–H groups in total. The van der Waals surface area contributed by atoms with Crippen molar-refractivity contribution in [3.8, 4) is 11.6 Å². The van der Waals surface area contributed by atoms with Gasteiger partial charge in [0, 0.05) is 19.3 Å². The Balaban J connectivity index is 1.82. The molecule has 0 radical (unpaired) electrons. The van der Waals surface area contributed by atoms with E-state index in [1.54, 1.807) is 19.2 Å². The number of nitrogens with one attached hydrogen (secondary N) is 2. The second kappa shape index (κ2) is 6.79. The van der Waals surface area contributed by atoms with Gasteiger partial charge in [-0.1, -0.05) is 6.07 Å². The van der Waals surface area contributed by atoms with E-state index >= 15 is 0 Å². The van der Waals surface area contributed by atoms with E-state index in [0.717, 1.165) is 37.2 Å². The van der Waals surface area contributed by atoms with E-state index < -0.39 is 0 Å². The van der Waals surface area contributed by atoms with E-state index in [2.05, 4.69) is 27.8 Å². The summed E-state index contributed by atoms with van der Waals surface area (Å²) < 4.78 is 5.92. The quantitative estimate of drug-likeness (QED) is 0.912. The lowest BCUT2D eigenvalue weighted by molar-refractivity contribution is 0.0962. The van der Waals surface area contributed by atoms with Crippen LogP contribution in [0.1, 0.15) is 27.0 Å². The third-order valence-corrected chi connectivity index (χ3v) is 4.08. The van der Waals surface area contributed by atoms with Crippen molar-refractivity contribution in [1.29, 1.82) is 0 Å². The summed E-state index contributed by atoms with van der Waals surface area (Å²) in [5.41, 5.74) is 4.34. The van der Waals surface area contributed by atoms with Crippen LogP contribution in [0.15, 0.2) is 30.5 Å². The Bertz CT molecular complexity index is 711. The predicted molar refractivity (Wildman–Crippen MR) is 89.2 cm³/mol. The zero-order chi connectivity index (χ0) is 16.2. The lowest BCUT2D eigenvalue weighted by Crippen LogP contribution is -2.17. The van der Waals surface area contributed by atoms with Crippen molar-refractivity contribution in [3.63, 3.8) is 0 Å². The highest BCUT2D eigenvalue weighted by Gasteiger charge is 2.12. The molecule has 5 heteroatoms. The summed E-state index contributed by atoms with van der Waals surface area (Å²) >= 11 is 0.